The van der Waals surface area contributed by atoms with Crippen LogP contribution in [0.15, 0.2) is 15.5 Å². The molecule has 0 fully saturated rings. The molecule has 2 rings (SSSR count). The highest BCUT2D eigenvalue weighted by molar-refractivity contribution is 8.04. The van der Waals surface area contributed by atoms with Crippen LogP contribution in [0.5, 0.6) is 0 Å². The minimum absolute atomic E-state index is 0.608. The van der Waals surface area contributed by atoms with Crippen molar-refractivity contribution < 1.29 is 18.0 Å². The van der Waals surface area contributed by atoms with Crippen molar-refractivity contribution in [1.29, 1.82) is 0 Å². The van der Waals surface area contributed by atoms with E-state index in [1.54, 1.807) is 0 Å². The normalized spacial score (nSPS) is 33.9. The Morgan fingerprint density at radius 3 is 2.75 bits per heavy atom. The van der Waals surface area contributed by atoms with Crippen LogP contribution < -0.4 is 0 Å². The number of carbonyl (C=O) groups excluding carboxylic acids is 1. The van der Waals surface area contributed by atoms with E-state index in [1.165, 1.54) is 13.0 Å². The first-order valence-electron chi connectivity index (χ1n) is 4.94. The molecule has 0 bridgehead atoms. The Labute approximate surface area is 95.0 Å². The number of hydrogen-bond acceptors (Lipinski definition) is 3. The van der Waals surface area contributed by atoms with Crippen molar-refractivity contribution in [1.82, 2.24) is 0 Å². The SMILES string of the molecule is CC1(N=C=O)C2=C(CCC2)SC1C(F)(F)F. The van der Waals surface area contributed by atoms with Gasteiger partial charge in [-0.3, -0.25) is 0 Å². The number of thioether (sulfide) groups is 1. The van der Waals surface area contributed by atoms with E-state index in [-0.39, 0.29) is 0 Å². The minimum atomic E-state index is -4.34. The lowest BCUT2D eigenvalue weighted by atomic mass is 9.88. The van der Waals surface area contributed by atoms with E-state index in [1.807, 2.05) is 0 Å². The first-order chi connectivity index (χ1) is 7.39. The number of isocyanates is 1. The molecule has 0 radical (unpaired) electrons. The van der Waals surface area contributed by atoms with Crippen molar-refractivity contribution in [3.63, 3.8) is 0 Å². The molecule has 2 aliphatic rings. The van der Waals surface area contributed by atoms with E-state index in [2.05, 4.69) is 4.99 Å². The second kappa shape index (κ2) is 3.64. The monoisotopic (exact) mass is 249 g/mol. The Kier molecular flexibility index (Phi) is 2.67. The molecule has 2 atom stereocenters. The summed E-state index contributed by atoms with van der Waals surface area (Å²) >= 11 is 0.817. The number of aliphatic imine (C=N–C) groups is 1. The predicted octanol–water partition coefficient (Wildman–Crippen LogP) is 3.20. The summed E-state index contributed by atoms with van der Waals surface area (Å²) in [5, 5.41) is -1.63. The van der Waals surface area contributed by atoms with Gasteiger partial charge in [-0.1, -0.05) is 0 Å². The zero-order valence-corrected chi connectivity index (χ0v) is 9.41. The molecule has 0 N–H and O–H groups in total. The van der Waals surface area contributed by atoms with Crippen LogP contribution >= 0.6 is 11.8 Å². The molecule has 2 nitrogen and oxygen atoms in total. The van der Waals surface area contributed by atoms with E-state index in [0.29, 0.717) is 18.4 Å². The third-order valence-corrected chi connectivity index (χ3v) is 4.82. The van der Waals surface area contributed by atoms with Gasteiger partial charge in [0.05, 0.1) is 0 Å². The average Bonchev–Trinajstić information content (AvgIpc) is 2.68. The maximum atomic E-state index is 12.8. The minimum Gasteiger partial charge on any atom is -0.211 e. The molecule has 0 aromatic rings. The quantitative estimate of drug-likeness (QED) is 0.527. The van der Waals surface area contributed by atoms with Crippen molar-refractivity contribution in [3.05, 3.63) is 10.5 Å². The first-order valence-corrected chi connectivity index (χ1v) is 5.82. The van der Waals surface area contributed by atoms with Gasteiger partial charge in [-0.15, -0.1) is 11.8 Å². The van der Waals surface area contributed by atoms with Crippen LogP contribution in [0.1, 0.15) is 26.2 Å². The number of hydrogen-bond donors (Lipinski definition) is 0. The molecule has 0 spiro atoms. The van der Waals surface area contributed by atoms with Gasteiger partial charge in [0.2, 0.25) is 6.08 Å². The lowest BCUT2D eigenvalue weighted by Crippen LogP contribution is -2.43. The molecule has 0 saturated carbocycles. The van der Waals surface area contributed by atoms with Gasteiger partial charge < -0.3 is 0 Å². The number of rotatable bonds is 1. The lowest BCUT2D eigenvalue weighted by Gasteiger charge is -2.29. The Morgan fingerprint density at radius 1 is 1.50 bits per heavy atom. The second-order valence-electron chi connectivity index (χ2n) is 4.15. The molecule has 0 saturated heterocycles. The van der Waals surface area contributed by atoms with E-state index < -0.39 is 17.0 Å². The summed E-state index contributed by atoms with van der Waals surface area (Å²) in [7, 11) is 0. The van der Waals surface area contributed by atoms with Gasteiger partial charge in [0.1, 0.15) is 10.8 Å². The highest BCUT2D eigenvalue weighted by Gasteiger charge is 2.59. The summed E-state index contributed by atoms with van der Waals surface area (Å²) in [6, 6.07) is 0. The van der Waals surface area contributed by atoms with Crippen LogP contribution in [0.25, 0.3) is 0 Å². The highest BCUT2D eigenvalue weighted by atomic mass is 32.2. The van der Waals surface area contributed by atoms with Crippen molar-refractivity contribution in [2.75, 3.05) is 0 Å². The number of nitrogens with zero attached hydrogens (tertiary/aromatic N) is 1. The summed E-state index contributed by atoms with van der Waals surface area (Å²) < 4.78 is 38.5. The highest BCUT2D eigenvalue weighted by Crippen LogP contribution is 2.57. The third-order valence-electron chi connectivity index (χ3n) is 3.12. The van der Waals surface area contributed by atoms with E-state index >= 15 is 0 Å². The fourth-order valence-corrected chi connectivity index (χ4v) is 3.96. The van der Waals surface area contributed by atoms with Crippen molar-refractivity contribution in [2.24, 2.45) is 4.99 Å². The first kappa shape index (κ1) is 11.7. The van der Waals surface area contributed by atoms with E-state index in [4.69, 9.17) is 0 Å². The van der Waals surface area contributed by atoms with Crippen molar-refractivity contribution >= 4 is 17.8 Å². The van der Waals surface area contributed by atoms with Crippen LogP contribution in [0.2, 0.25) is 0 Å². The molecule has 0 amide bonds. The van der Waals surface area contributed by atoms with Gasteiger partial charge in [0.25, 0.3) is 0 Å². The molecule has 1 aliphatic heterocycles. The van der Waals surface area contributed by atoms with Gasteiger partial charge in [-0.05, 0) is 36.7 Å². The van der Waals surface area contributed by atoms with E-state index in [9.17, 15) is 18.0 Å². The second-order valence-corrected chi connectivity index (χ2v) is 5.35. The van der Waals surface area contributed by atoms with Crippen LogP contribution in [0.3, 0.4) is 0 Å². The van der Waals surface area contributed by atoms with Crippen LogP contribution in [-0.2, 0) is 4.79 Å². The van der Waals surface area contributed by atoms with Crippen molar-refractivity contribution in [2.45, 2.75) is 43.2 Å². The van der Waals surface area contributed by atoms with Gasteiger partial charge >= 0.3 is 6.18 Å². The number of halogens is 3. The molecule has 2 unspecified atom stereocenters. The van der Waals surface area contributed by atoms with Gasteiger partial charge in [-0.2, -0.15) is 18.2 Å². The molecular weight excluding hydrogens is 239 g/mol. The Bertz CT molecular complexity index is 397. The average molecular weight is 249 g/mol. The fraction of sp³-hybridized carbons (Fsp3) is 0.700. The van der Waals surface area contributed by atoms with Crippen LogP contribution in [-0.4, -0.2) is 23.0 Å². The van der Waals surface area contributed by atoms with Gasteiger partial charge in [0.15, 0.2) is 0 Å². The molecule has 88 valence electrons. The molecular formula is C10H10F3NOS. The summed E-state index contributed by atoms with van der Waals surface area (Å²) in [6.45, 7) is 1.39. The third kappa shape index (κ3) is 1.60. The summed E-state index contributed by atoms with van der Waals surface area (Å²) in [6.07, 6.45) is -0.913. The van der Waals surface area contributed by atoms with E-state index in [0.717, 1.165) is 23.1 Å². The molecule has 6 heteroatoms. The van der Waals surface area contributed by atoms with Crippen LogP contribution in [0.4, 0.5) is 13.2 Å². The molecule has 16 heavy (non-hydrogen) atoms. The zero-order valence-electron chi connectivity index (χ0n) is 8.60. The molecule has 1 heterocycles. The Morgan fingerprint density at radius 2 is 2.19 bits per heavy atom. The van der Waals surface area contributed by atoms with Crippen LogP contribution in [0, 0.1) is 0 Å². The lowest BCUT2D eigenvalue weighted by molar-refractivity contribution is -0.136. The van der Waals surface area contributed by atoms with Gasteiger partial charge in [-0.25, -0.2) is 4.79 Å². The number of allylic oxidation sites excluding steroid dienone is 1. The van der Waals surface area contributed by atoms with Crippen molar-refractivity contribution in [3.8, 4) is 0 Å². The predicted molar refractivity (Wildman–Crippen MR) is 54.8 cm³/mol. The summed E-state index contributed by atoms with van der Waals surface area (Å²) in [5.74, 6) is 0. The number of alkyl halides is 3. The topological polar surface area (TPSA) is 29.4 Å². The zero-order chi connectivity index (χ0) is 12.0. The Hall–Kier alpha value is -0.740. The standard InChI is InChI=1S/C10H10F3NOS/c1-9(14-5-15)6-3-2-4-7(6)16-8(9)10(11,12)13/h8H,2-4H2,1H3. The maximum absolute atomic E-state index is 12.8. The largest absolute Gasteiger partial charge is 0.403 e. The fourth-order valence-electron chi connectivity index (χ4n) is 2.40. The molecule has 0 aromatic carbocycles. The smallest absolute Gasteiger partial charge is 0.211 e. The molecule has 0 aromatic heterocycles. The molecule has 1 aliphatic carbocycles. The maximum Gasteiger partial charge on any atom is 0.403 e. The van der Waals surface area contributed by atoms with Gasteiger partial charge in [0, 0.05) is 0 Å². The summed E-state index contributed by atoms with van der Waals surface area (Å²) in [5.41, 5.74) is -0.751. The Balaban J connectivity index is 2.43. The summed E-state index contributed by atoms with van der Waals surface area (Å²) in [4.78, 5) is 14.5.